The second kappa shape index (κ2) is 11.8. The molecule has 7 aromatic rings. The van der Waals surface area contributed by atoms with Crippen molar-refractivity contribution in [1.82, 2.24) is 0 Å². The van der Waals surface area contributed by atoms with Gasteiger partial charge in [0, 0.05) is 22.4 Å². The van der Waals surface area contributed by atoms with Gasteiger partial charge in [-0.2, -0.15) is 0 Å². The molecule has 1 aromatic heterocycles. The summed E-state index contributed by atoms with van der Waals surface area (Å²) >= 11 is 1.73. The quantitative estimate of drug-likeness (QED) is 0.178. The van der Waals surface area contributed by atoms with Crippen LogP contribution in [0.1, 0.15) is 25.0 Å². The van der Waals surface area contributed by atoms with Crippen LogP contribution in [0.5, 0.6) is 11.5 Å². The highest BCUT2D eigenvalue weighted by atomic mass is 32.1. The Morgan fingerprint density at radius 2 is 0.980 bits per heavy atom. The molecule has 0 unspecified atom stereocenters. The fraction of sp³-hybridized carbons (Fsp3) is 0.111. The molecular weight excluding hydrogens is 619 g/mol. The van der Waals surface area contributed by atoms with Crippen LogP contribution < -0.4 is 14.4 Å². The van der Waals surface area contributed by atoms with Crippen LogP contribution in [-0.4, -0.2) is 13.2 Å². The van der Waals surface area contributed by atoms with Gasteiger partial charge in [0.15, 0.2) is 11.5 Å². The Balaban J connectivity index is 1.18. The first-order valence-corrected chi connectivity index (χ1v) is 17.7. The third-order valence-electron chi connectivity index (χ3n) is 9.88. The molecule has 2 aliphatic rings. The first-order valence-electron chi connectivity index (χ1n) is 16.9. The van der Waals surface area contributed by atoms with E-state index >= 15 is 0 Å². The molecule has 0 saturated carbocycles. The first-order chi connectivity index (χ1) is 24.1. The normalized spacial score (nSPS) is 13.8. The number of hydrogen-bond acceptors (Lipinski definition) is 4. The van der Waals surface area contributed by atoms with Gasteiger partial charge in [-0.3, -0.25) is 0 Å². The average molecular weight is 654 g/mol. The number of benzene rings is 6. The fourth-order valence-electron chi connectivity index (χ4n) is 7.46. The highest BCUT2D eigenvalue weighted by Crippen LogP contribution is 2.56. The zero-order valence-electron chi connectivity index (χ0n) is 27.5. The van der Waals surface area contributed by atoms with Crippen LogP contribution >= 0.6 is 11.3 Å². The molecule has 0 N–H and O–H groups in total. The van der Waals surface area contributed by atoms with Crippen LogP contribution in [-0.2, 0) is 5.41 Å². The van der Waals surface area contributed by atoms with Crippen LogP contribution in [0.25, 0.3) is 43.1 Å². The predicted octanol–water partition coefficient (Wildman–Crippen LogP) is 12.3. The SMILES string of the molecule is CC1(C)c2ccccc2-c2c(N(c3ccc(-c4ccccc4)cc3)c3ccc(-c4sc(-c5ccccc5)c5c4OCCO5)cc3)cccc21. The van der Waals surface area contributed by atoms with Crippen molar-refractivity contribution in [2.45, 2.75) is 19.3 Å². The summed E-state index contributed by atoms with van der Waals surface area (Å²) in [7, 11) is 0. The summed E-state index contributed by atoms with van der Waals surface area (Å²) in [5.74, 6) is 1.69. The number of ether oxygens (including phenoxy) is 2. The van der Waals surface area contributed by atoms with Crippen LogP contribution in [0.2, 0.25) is 0 Å². The van der Waals surface area contributed by atoms with E-state index in [0.29, 0.717) is 13.2 Å². The van der Waals surface area contributed by atoms with E-state index in [1.165, 1.54) is 39.1 Å². The van der Waals surface area contributed by atoms with Crippen LogP contribution in [0.3, 0.4) is 0 Å². The number of nitrogens with zero attached hydrogens (tertiary/aromatic N) is 1. The lowest BCUT2D eigenvalue weighted by Crippen LogP contribution is -2.16. The highest BCUT2D eigenvalue weighted by Gasteiger charge is 2.37. The monoisotopic (exact) mass is 653 g/mol. The van der Waals surface area contributed by atoms with Crippen LogP contribution in [0.15, 0.2) is 152 Å². The summed E-state index contributed by atoms with van der Waals surface area (Å²) in [5, 5.41) is 0. The summed E-state index contributed by atoms with van der Waals surface area (Å²) in [6, 6.07) is 54.5. The molecule has 238 valence electrons. The van der Waals surface area contributed by atoms with Gasteiger partial charge in [0.25, 0.3) is 0 Å². The number of thiophene rings is 1. The first kappa shape index (κ1) is 29.6. The van der Waals surface area contributed by atoms with Gasteiger partial charge in [0.2, 0.25) is 0 Å². The summed E-state index contributed by atoms with van der Waals surface area (Å²) in [6.07, 6.45) is 0. The van der Waals surface area contributed by atoms with E-state index in [2.05, 4.69) is 164 Å². The van der Waals surface area contributed by atoms with Crippen molar-refractivity contribution in [3.05, 3.63) is 163 Å². The molecule has 1 aliphatic carbocycles. The zero-order chi connectivity index (χ0) is 33.0. The van der Waals surface area contributed by atoms with E-state index in [9.17, 15) is 0 Å². The molecule has 0 amide bonds. The Morgan fingerprint density at radius 3 is 1.61 bits per heavy atom. The van der Waals surface area contributed by atoms with Crippen molar-refractivity contribution >= 4 is 28.4 Å². The maximum atomic E-state index is 6.25. The minimum absolute atomic E-state index is 0.0918. The van der Waals surface area contributed by atoms with E-state index in [4.69, 9.17) is 9.47 Å². The molecule has 4 heteroatoms. The third kappa shape index (κ3) is 4.94. The average Bonchev–Trinajstić information content (AvgIpc) is 3.66. The molecular formula is C45H35NO2S. The van der Waals surface area contributed by atoms with Gasteiger partial charge in [-0.1, -0.05) is 135 Å². The third-order valence-corrected chi connectivity index (χ3v) is 11.1. The molecule has 9 rings (SSSR count). The standard InChI is InChI=1S/C45H35NO2S/c1-45(2)37-17-10-9-16-36(37)40-38(45)18-11-19-39(40)46(34-24-20-31(21-25-34)30-12-5-3-6-13-30)35-26-22-33(23-27-35)44-42-41(47-28-29-48-42)43(49-44)32-14-7-4-8-15-32/h3-27H,28-29H2,1-2H3. The van der Waals surface area contributed by atoms with Gasteiger partial charge in [-0.05, 0) is 69.3 Å². The Hall–Kier alpha value is -5.58. The van der Waals surface area contributed by atoms with Crippen LogP contribution in [0, 0.1) is 0 Å². The molecule has 49 heavy (non-hydrogen) atoms. The number of fused-ring (bicyclic) bond motifs is 4. The van der Waals surface area contributed by atoms with E-state index in [0.717, 1.165) is 43.8 Å². The molecule has 0 radical (unpaired) electrons. The Labute approximate surface area is 291 Å². The van der Waals surface area contributed by atoms with Crippen LogP contribution in [0.4, 0.5) is 17.1 Å². The Morgan fingerprint density at radius 1 is 0.490 bits per heavy atom. The summed E-state index contributed by atoms with van der Waals surface area (Å²) in [4.78, 5) is 4.61. The minimum Gasteiger partial charge on any atom is -0.485 e. The molecule has 0 fully saturated rings. The summed E-state index contributed by atoms with van der Waals surface area (Å²) in [6.45, 7) is 5.78. The van der Waals surface area contributed by atoms with Crippen molar-refractivity contribution in [2.24, 2.45) is 0 Å². The fourth-order valence-corrected chi connectivity index (χ4v) is 8.67. The zero-order valence-corrected chi connectivity index (χ0v) is 28.3. The lowest BCUT2D eigenvalue weighted by Gasteiger charge is -2.29. The number of hydrogen-bond donors (Lipinski definition) is 0. The smallest absolute Gasteiger partial charge is 0.180 e. The highest BCUT2D eigenvalue weighted by molar-refractivity contribution is 7.19. The predicted molar refractivity (Wildman–Crippen MR) is 204 cm³/mol. The van der Waals surface area contributed by atoms with Crippen molar-refractivity contribution in [1.29, 1.82) is 0 Å². The minimum atomic E-state index is -0.0918. The molecule has 0 saturated heterocycles. The largest absolute Gasteiger partial charge is 0.485 e. The second-order valence-electron chi connectivity index (χ2n) is 13.1. The molecule has 0 spiro atoms. The van der Waals surface area contributed by atoms with Crippen molar-refractivity contribution in [3.8, 4) is 54.6 Å². The molecule has 0 bridgehead atoms. The van der Waals surface area contributed by atoms with Crippen molar-refractivity contribution < 1.29 is 9.47 Å². The van der Waals surface area contributed by atoms with E-state index in [1.807, 2.05) is 6.07 Å². The van der Waals surface area contributed by atoms with Crippen molar-refractivity contribution in [2.75, 3.05) is 18.1 Å². The molecule has 6 aromatic carbocycles. The van der Waals surface area contributed by atoms with Gasteiger partial charge in [0.1, 0.15) is 13.2 Å². The van der Waals surface area contributed by atoms with Gasteiger partial charge in [-0.25, -0.2) is 0 Å². The topological polar surface area (TPSA) is 21.7 Å². The Kier molecular flexibility index (Phi) is 7.14. The molecule has 0 atom stereocenters. The molecule has 1 aliphatic heterocycles. The number of rotatable bonds is 6. The van der Waals surface area contributed by atoms with Gasteiger partial charge >= 0.3 is 0 Å². The van der Waals surface area contributed by atoms with Crippen molar-refractivity contribution in [3.63, 3.8) is 0 Å². The molecule has 3 nitrogen and oxygen atoms in total. The maximum absolute atomic E-state index is 6.25. The Bertz CT molecular complexity index is 2290. The van der Waals surface area contributed by atoms with E-state index < -0.39 is 0 Å². The van der Waals surface area contributed by atoms with E-state index in [1.54, 1.807) is 11.3 Å². The van der Waals surface area contributed by atoms with E-state index in [-0.39, 0.29) is 5.41 Å². The van der Waals surface area contributed by atoms with Gasteiger partial charge in [-0.15, -0.1) is 11.3 Å². The lowest BCUT2D eigenvalue weighted by atomic mass is 9.82. The molecule has 2 heterocycles. The van der Waals surface area contributed by atoms with Gasteiger partial charge < -0.3 is 14.4 Å². The number of anilines is 3. The second-order valence-corrected chi connectivity index (χ2v) is 14.2. The maximum Gasteiger partial charge on any atom is 0.180 e. The summed E-state index contributed by atoms with van der Waals surface area (Å²) in [5.41, 5.74) is 13.3. The summed E-state index contributed by atoms with van der Waals surface area (Å²) < 4.78 is 12.4. The van der Waals surface area contributed by atoms with Gasteiger partial charge in [0.05, 0.1) is 15.4 Å². The lowest BCUT2D eigenvalue weighted by molar-refractivity contribution is 0.175.